The fourth-order valence-corrected chi connectivity index (χ4v) is 12.5. The maximum absolute atomic E-state index is 12.6. The smallest absolute Gasteiger partial charge is 0.305 e. The Hall–Kier alpha value is -1.40. The van der Waals surface area contributed by atoms with Crippen molar-refractivity contribution >= 4 is 11.9 Å². The first kappa shape index (κ1) is 81.6. The summed E-state index contributed by atoms with van der Waals surface area (Å²) in [6, 6.07) is -0.627. The lowest BCUT2D eigenvalue weighted by Crippen LogP contribution is -2.45. The summed E-state index contributed by atoms with van der Waals surface area (Å²) in [6.45, 7) is 4.96. The number of ether oxygens (including phenoxy) is 1. The molecule has 0 fully saturated rings. The average molecular weight is 1170 g/mol. The van der Waals surface area contributed by atoms with Crippen LogP contribution in [0.15, 0.2) is 12.2 Å². The lowest BCUT2D eigenvalue weighted by molar-refractivity contribution is -0.143. The number of esters is 1. The van der Waals surface area contributed by atoms with E-state index < -0.39 is 12.1 Å². The maximum Gasteiger partial charge on any atom is 0.305 e. The van der Waals surface area contributed by atoms with E-state index >= 15 is 0 Å². The highest BCUT2D eigenvalue weighted by Crippen LogP contribution is 2.20. The fraction of sp³-hybridized carbons (Fsp3) is 0.948. The van der Waals surface area contributed by atoms with Crippen molar-refractivity contribution in [2.75, 3.05) is 13.2 Å². The van der Waals surface area contributed by atoms with Crippen molar-refractivity contribution < 1.29 is 24.5 Å². The summed E-state index contributed by atoms with van der Waals surface area (Å²) >= 11 is 0. The number of unbranched alkanes of at least 4 members (excludes halogenated alkanes) is 62. The third-order valence-corrected chi connectivity index (χ3v) is 18.3. The summed E-state index contributed by atoms with van der Waals surface area (Å²) in [5.74, 6) is -0.0382. The molecule has 0 saturated heterocycles. The molecule has 0 saturated carbocycles. The van der Waals surface area contributed by atoms with Crippen LogP contribution in [0.5, 0.6) is 0 Å². The molecule has 1 amide bonds. The number of allylic oxidation sites excluding steroid dienone is 1. The molecule has 0 aliphatic rings. The topological polar surface area (TPSA) is 95.9 Å². The van der Waals surface area contributed by atoms with Crippen LogP contribution in [0.4, 0.5) is 0 Å². The van der Waals surface area contributed by atoms with Gasteiger partial charge in [0.15, 0.2) is 0 Å². The Balaban J connectivity index is 3.37. The lowest BCUT2D eigenvalue weighted by atomic mass is 10.0. The first-order chi connectivity index (χ1) is 41.0. The summed E-state index contributed by atoms with van der Waals surface area (Å²) in [5.41, 5.74) is 0. The molecule has 0 aliphatic carbocycles. The number of rotatable bonds is 73. The zero-order valence-electron chi connectivity index (χ0n) is 56.7. The Kier molecular flexibility index (Phi) is 71.8. The first-order valence-corrected chi connectivity index (χ1v) is 38.5. The van der Waals surface area contributed by atoms with Crippen molar-refractivity contribution in [3.63, 3.8) is 0 Å². The summed E-state index contributed by atoms with van der Waals surface area (Å²) < 4.78 is 5.50. The van der Waals surface area contributed by atoms with E-state index in [0.29, 0.717) is 19.4 Å². The Bertz CT molecular complexity index is 1260. The minimum Gasteiger partial charge on any atom is -0.466 e. The lowest BCUT2D eigenvalue weighted by Gasteiger charge is -2.20. The molecule has 0 aromatic heterocycles. The number of hydrogen-bond acceptors (Lipinski definition) is 5. The van der Waals surface area contributed by atoms with Crippen molar-refractivity contribution in [1.29, 1.82) is 0 Å². The van der Waals surface area contributed by atoms with Crippen molar-refractivity contribution in [3.05, 3.63) is 12.2 Å². The summed E-state index contributed by atoms with van der Waals surface area (Å²) in [6.07, 6.45) is 91.8. The van der Waals surface area contributed by atoms with Crippen LogP contribution >= 0.6 is 0 Å². The average Bonchev–Trinajstić information content (AvgIpc) is 3.48. The van der Waals surface area contributed by atoms with Gasteiger partial charge >= 0.3 is 5.97 Å². The summed E-state index contributed by atoms with van der Waals surface area (Å²) in [4.78, 5) is 24.6. The van der Waals surface area contributed by atoms with E-state index in [1.54, 1.807) is 6.08 Å². The van der Waals surface area contributed by atoms with E-state index in [-0.39, 0.29) is 18.5 Å². The molecule has 2 atom stereocenters. The van der Waals surface area contributed by atoms with Crippen LogP contribution in [0, 0.1) is 0 Å². The van der Waals surface area contributed by atoms with Gasteiger partial charge in [-0.05, 0) is 32.1 Å². The molecule has 2 unspecified atom stereocenters. The molecule has 3 N–H and O–H groups in total. The van der Waals surface area contributed by atoms with Crippen LogP contribution in [-0.2, 0) is 14.3 Å². The second-order valence-corrected chi connectivity index (χ2v) is 26.7. The monoisotopic (exact) mass is 1170 g/mol. The van der Waals surface area contributed by atoms with E-state index in [0.717, 1.165) is 38.5 Å². The molecule has 0 aromatic rings. The van der Waals surface area contributed by atoms with Gasteiger partial charge in [0.05, 0.1) is 25.4 Å². The van der Waals surface area contributed by atoms with Crippen molar-refractivity contribution in [1.82, 2.24) is 5.32 Å². The Morgan fingerprint density at radius 3 is 0.819 bits per heavy atom. The Labute approximate surface area is 520 Å². The maximum atomic E-state index is 12.6. The van der Waals surface area contributed by atoms with Crippen LogP contribution in [-0.4, -0.2) is 47.4 Å². The number of aliphatic hydroxyl groups excluding tert-OH is 2. The van der Waals surface area contributed by atoms with Crippen molar-refractivity contribution in [2.45, 2.75) is 456 Å². The van der Waals surface area contributed by atoms with Gasteiger partial charge < -0.3 is 20.3 Å². The van der Waals surface area contributed by atoms with Crippen molar-refractivity contribution in [3.8, 4) is 0 Å². The van der Waals surface area contributed by atoms with Gasteiger partial charge in [-0.2, -0.15) is 0 Å². The zero-order chi connectivity index (χ0) is 59.9. The minimum atomic E-state index is -0.844. The van der Waals surface area contributed by atoms with Gasteiger partial charge in [0.1, 0.15) is 0 Å². The van der Waals surface area contributed by atoms with Gasteiger partial charge in [-0.25, -0.2) is 0 Å². The molecule has 0 bridgehead atoms. The van der Waals surface area contributed by atoms with Crippen LogP contribution in [0.1, 0.15) is 444 Å². The number of nitrogens with one attached hydrogen (secondary N) is 1. The van der Waals surface area contributed by atoms with E-state index in [9.17, 15) is 19.8 Å². The molecule has 0 radical (unpaired) electrons. The molecule has 0 aromatic carbocycles. The van der Waals surface area contributed by atoms with Gasteiger partial charge in [-0.3, -0.25) is 9.59 Å². The number of carbonyl (C=O) groups excluding carboxylic acids is 2. The molecular formula is C77H151NO5. The number of hydrogen-bond donors (Lipinski definition) is 3. The first-order valence-electron chi connectivity index (χ1n) is 38.5. The molecule has 0 spiro atoms. The second-order valence-electron chi connectivity index (χ2n) is 26.7. The quantitative estimate of drug-likeness (QED) is 0.0320. The molecule has 83 heavy (non-hydrogen) atoms. The second kappa shape index (κ2) is 73.1. The fourth-order valence-electron chi connectivity index (χ4n) is 12.5. The normalized spacial score (nSPS) is 12.5. The van der Waals surface area contributed by atoms with Gasteiger partial charge in [0.25, 0.3) is 0 Å². The van der Waals surface area contributed by atoms with Crippen LogP contribution in [0.25, 0.3) is 0 Å². The van der Waals surface area contributed by atoms with Crippen LogP contribution in [0.2, 0.25) is 0 Å². The third kappa shape index (κ3) is 69.6. The Morgan fingerprint density at radius 1 is 0.325 bits per heavy atom. The van der Waals surface area contributed by atoms with E-state index in [4.69, 9.17) is 4.74 Å². The van der Waals surface area contributed by atoms with Gasteiger partial charge in [-0.1, -0.05) is 411 Å². The number of aliphatic hydroxyl groups is 2. The summed E-state index contributed by atoms with van der Waals surface area (Å²) in [7, 11) is 0. The minimum absolute atomic E-state index is 0.0213. The molecule has 494 valence electrons. The Morgan fingerprint density at radius 2 is 0.554 bits per heavy atom. The standard InChI is InChI=1S/C77H151NO5/c1-3-5-7-9-11-13-15-17-19-20-21-22-23-27-30-33-36-39-42-45-49-53-57-61-65-69-75(80)74(73-79)78-76(81)70-66-62-58-54-50-46-43-40-37-34-31-28-25-24-26-29-32-35-38-41-44-48-52-56-60-64-68-72-83-77(82)71-67-63-59-55-51-47-18-16-14-12-10-8-6-4-2/h65,69,74-75,79-80H,3-64,66-68,70-73H2,1-2H3,(H,78,81)/b69-65+. The highest BCUT2D eigenvalue weighted by molar-refractivity contribution is 5.76. The molecule has 0 heterocycles. The zero-order valence-corrected chi connectivity index (χ0v) is 56.7. The predicted molar refractivity (Wildman–Crippen MR) is 366 cm³/mol. The van der Waals surface area contributed by atoms with Crippen LogP contribution < -0.4 is 5.32 Å². The number of carbonyl (C=O) groups is 2. The van der Waals surface area contributed by atoms with E-state index in [2.05, 4.69) is 19.2 Å². The molecule has 0 rings (SSSR count). The SMILES string of the molecule is CCCCCCCCCCCCCCCCCCCCCCCCC/C=C/C(O)C(CO)NC(=O)CCCCCCCCCCCCCCCCCCCCCCCCCCCCCOC(=O)CCCCCCCCCCCCCCCC. The van der Waals surface area contributed by atoms with Crippen molar-refractivity contribution in [2.24, 2.45) is 0 Å². The highest BCUT2D eigenvalue weighted by atomic mass is 16.5. The van der Waals surface area contributed by atoms with E-state index in [1.807, 2.05) is 6.08 Å². The molecule has 6 nitrogen and oxygen atoms in total. The molecule has 0 aliphatic heterocycles. The molecular weight excluding hydrogens is 1020 g/mol. The number of amides is 1. The molecule has 6 heteroatoms. The summed E-state index contributed by atoms with van der Waals surface area (Å²) in [5, 5.41) is 23.3. The van der Waals surface area contributed by atoms with Gasteiger partial charge in [0.2, 0.25) is 5.91 Å². The van der Waals surface area contributed by atoms with Crippen LogP contribution in [0.3, 0.4) is 0 Å². The van der Waals surface area contributed by atoms with Gasteiger partial charge in [0, 0.05) is 12.8 Å². The van der Waals surface area contributed by atoms with Gasteiger partial charge in [-0.15, -0.1) is 0 Å². The largest absolute Gasteiger partial charge is 0.466 e. The van der Waals surface area contributed by atoms with E-state index in [1.165, 1.54) is 379 Å². The highest BCUT2D eigenvalue weighted by Gasteiger charge is 2.18. The predicted octanol–water partition coefficient (Wildman–Crippen LogP) is 25.1. The third-order valence-electron chi connectivity index (χ3n) is 18.3.